The van der Waals surface area contributed by atoms with Gasteiger partial charge in [0.25, 0.3) is 0 Å². The van der Waals surface area contributed by atoms with Crippen LogP contribution in [0.5, 0.6) is 0 Å². The van der Waals surface area contributed by atoms with E-state index in [9.17, 15) is 0 Å². The molecule has 0 heterocycles. The van der Waals surface area contributed by atoms with Crippen LogP contribution in [0.2, 0.25) is 0 Å². The molecule has 0 rings (SSSR count). The van der Waals surface area contributed by atoms with E-state index in [2.05, 4.69) is 0 Å². The SMILES string of the molecule is C[P+](C)(CO)CO.[Cl-]. The molecule has 0 bridgehead atoms. The molecular formula is C4H12ClO2P. The second kappa shape index (κ2) is 4.51. The first-order chi connectivity index (χ1) is 3.12. The Balaban J connectivity index is 0. The fourth-order valence-electron chi connectivity index (χ4n) is 0.0447. The minimum atomic E-state index is -1.29. The van der Waals surface area contributed by atoms with Crippen LogP contribution in [0.3, 0.4) is 0 Å². The van der Waals surface area contributed by atoms with Crippen LogP contribution in [-0.4, -0.2) is 36.2 Å². The molecule has 0 aliphatic rings. The predicted molar refractivity (Wildman–Crippen MR) is 32.9 cm³/mol. The van der Waals surface area contributed by atoms with E-state index >= 15 is 0 Å². The fraction of sp³-hybridized carbons (Fsp3) is 1.00. The normalized spacial score (nSPS) is 10.5. The van der Waals surface area contributed by atoms with E-state index < -0.39 is 7.26 Å². The van der Waals surface area contributed by atoms with Crippen LogP contribution < -0.4 is 12.4 Å². The summed E-state index contributed by atoms with van der Waals surface area (Å²) in [5, 5.41) is 17.0. The molecule has 0 unspecified atom stereocenters. The molecule has 52 valence electrons. The summed E-state index contributed by atoms with van der Waals surface area (Å²) < 4.78 is 0. The number of hydrogen-bond acceptors (Lipinski definition) is 2. The van der Waals surface area contributed by atoms with Crippen molar-refractivity contribution in [2.24, 2.45) is 0 Å². The van der Waals surface area contributed by atoms with Gasteiger partial charge < -0.3 is 22.6 Å². The maximum atomic E-state index is 8.48. The first-order valence-electron chi connectivity index (χ1n) is 2.16. The summed E-state index contributed by atoms with van der Waals surface area (Å²) in [6.45, 7) is 3.82. The summed E-state index contributed by atoms with van der Waals surface area (Å²) >= 11 is 0. The van der Waals surface area contributed by atoms with Gasteiger partial charge in [-0.3, -0.25) is 0 Å². The summed E-state index contributed by atoms with van der Waals surface area (Å²) in [5.41, 5.74) is 0. The second-order valence-corrected chi connectivity index (χ2v) is 6.66. The molecule has 2 N–H and O–H groups in total. The quantitative estimate of drug-likeness (QED) is 0.426. The predicted octanol–water partition coefficient (Wildman–Crippen LogP) is -2.83. The monoisotopic (exact) mass is 158 g/mol. The largest absolute Gasteiger partial charge is 1.00 e. The lowest BCUT2D eigenvalue weighted by Crippen LogP contribution is -3.00. The van der Waals surface area contributed by atoms with Gasteiger partial charge in [-0.2, -0.15) is 0 Å². The molecule has 0 spiro atoms. The van der Waals surface area contributed by atoms with Crippen molar-refractivity contribution in [2.75, 3.05) is 26.0 Å². The van der Waals surface area contributed by atoms with Crippen molar-refractivity contribution in [3.63, 3.8) is 0 Å². The lowest BCUT2D eigenvalue weighted by molar-refractivity contribution is -0.00000327. The lowest BCUT2D eigenvalue weighted by atomic mass is 11.6. The average molecular weight is 159 g/mol. The number of rotatable bonds is 2. The lowest BCUT2D eigenvalue weighted by Gasteiger charge is -2.08. The summed E-state index contributed by atoms with van der Waals surface area (Å²) in [4.78, 5) is 0. The number of hydrogen-bond donors (Lipinski definition) is 2. The van der Waals surface area contributed by atoms with Crippen molar-refractivity contribution >= 4 is 7.26 Å². The third kappa shape index (κ3) is 4.79. The van der Waals surface area contributed by atoms with Gasteiger partial charge in [0.15, 0.2) is 12.7 Å². The third-order valence-corrected chi connectivity index (χ3v) is 2.30. The van der Waals surface area contributed by atoms with Crippen LogP contribution >= 0.6 is 7.26 Å². The molecule has 2 nitrogen and oxygen atoms in total. The molecule has 0 aliphatic heterocycles. The summed E-state index contributed by atoms with van der Waals surface area (Å²) in [5.74, 6) is 0. The van der Waals surface area contributed by atoms with Gasteiger partial charge in [0, 0.05) is 0 Å². The van der Waals surface area contributed by atoms with Crippen molar-refractivity contribution in [1.82, 2.24) is 0 Å². The Kier molecular flexibility index (Phi) is 6.45. The summed E-state index contributed by atoms with van der Waals surface area (Å²) in [7, 11) is -1.29. The van der Waals surface area contributed by atoms with E-state index in [1.807, 2.05) is 13.3 Å². The molecule has 0 atom stereocenters. The standard InChI is InChI=1S/C4H12O2P.ClH/c1-7(2,3-5)4-6;/h5-6H,3-4H2,1-2H3;1H/q+1;/p-1. The van der Waals surface area contributed by atoms with E-state index in [1.165, 1.54) is 0 Å². The van der Waals surface area contributed by atoms with Crippen molar-refractivity contribution in [2.45, 2.75) is 0 Å². The smallest absolute Gasteiger partial charge is 0.155 e. The van der Waals surface area contributed by atoms with Gasteiger partial charge in [-0.15, -0.1) is 0 Å². The maximum absolute atomic E-state index is 8.48. The first kappa shape index (κ1) is 11.4. The Morgan fingerprint density at radius 1 is 1.12 bits per heavy atom. The minimum Gasteiger partial charge on any atom is -1.00 e. The van der Waals surface area contributed by atoms with Gasteiger partial charge in [0.1, 0.15) is 0 Å². The molecule has 0 aromatic carbocycles. The van der Waals surface area contributed by atoms with E-state index in [0.717, 1.165) is 0 Å². The Morgan fingerprint density at radius 3 is 1.38 bits per heavy atom. The summed E-state index contributed by atoms with van der Waals surface area (Å²) in [6, 6.07) is 0. The van der Waals surface area contributed by atoms with Crippen molar-refractivity contribution in [1.29, 1.82) is 0 Å². The van der Waals surface area contributed by atoms with E-state index in [1.54, 1.807) is 0 Å². The molecule has 0 aromatic heterocycles. The number of aliphatic hydroxyl groups is 2. The average Bonchev–Trinajstić information content (AvgIpc) is 1.68. The van der Waals surface area contributed by atoms with Gasteiger partial charge in [-0.25, -0.2) is 0 Å². The van der Waals surface area contributed by atoms with Gasteiger partial charge in [-0.1, -0.05) is 0 Å². The minimum absolute atomic E-state index is 0. The van der Waals surface area contributed by atoms with Crippen LogP contribution in [0.4, 0.5) is 0 Å². The van der Waals surface area contributed by atoms with E-state index in [0.29, 0.717) is 0 Å². The highest BCUT2D eigenvalue weighted by molar-refractivity contribution is 7.74. The zero-order valence-corrected chi connectivity index (χ0v) is 6.78. The van der Waals surface area contributed by atoms with Gasteiger partial charge in [-0.05, 0) is 0 Å². The zero-order valence-electron chi connectivity index (χ0n) is 5.13. The Morgan fingerprint density at radius 2 is 1.38 bits per heavy atom. The van der Waals surface area contributed by atoms with Crippen LogP contribution in [0.25, 0.3) is 0 Å². The molecule has 0 amide bonds. The number of halogens is 1. The molecular weight excluding hydrogens is 146 g/mol. The molecule has 0 aliphatic carbocycles. The molecule has 0 radical (unpaired) electrons. The van der Waals surface area contributed by atoms with Crippen LogP contribution in [-0.2, 0) is 0 Å². The molecule has 0 saturated carbocycles. The number of aliphatic hydroxyl groups excluding tert-OH is 2. The third-order valence-electron chi connectivity index (χ3n) is 0.766. The molecule has 0 aromatic rings. The van der Waals surface area contributed by atoms with Crippen molar-refractivity contribution in [3.8, 4) is 0 Å². The molecule has 8 heavy (non-hydrogen) atoms. The van der Waals surface area contributed by atoms with Crippen molar-refractivity contribution < 1.29 is 22.6 Å². The topological polar surface area (TPSA) is 40.5 Å². The highest BCUT2D eigenvalue weighted by atomic mass is 35.5. The van der Waals surface area contributed by atoms with Crippen LogP contribution in [0, 0.1) is 0 Å². The van der Waals surface area contributed by atoms with E-state index in [-0.39, 0.29) is 25.1 Å². The van der Waals surface area contributed by atoms with Gasteiger partial charge in [0.05, 0.1) is 20.6 Å². The molecule has 4 heteroatoms. The zero-order chi connectivity index (χ0) is 5.91. The van der Waals surface area contributed by atoms with E-state index in [4.69, 9.17) is 10.2 Å². The molecule has 0 saturated heterocycles. The van der Waals surface area contributed by atoms with Crippen LogP contribution in [0.1, 0.15) is 0 Å². The summed E-state index contributed by atoms with van der Waals surface area (Å²) in [6.07, 6.45) is 0.312. The van der Waals surface area contributed by atoms with Crippen molar-refractivity contribution in [3.05, 3.63) is 0 Å². The highest BCUT2D eigenvalue weighted by Gasteiger charge is 2.20. The Bertz CT molecular complexity index is 52.0. The first-order valence-corrected chi connectivity index (χ1v) is 5.21. The Labute approximate surface area is 56.7 Å². The maximum Gasteiger partial charge on any atom is 0.155 e. The highest BCUT2D eigenvalue weighted by Crippen LogP contribution is 2.47. The molecule has 0 fully saturated rings. The van der Waals surface area contributed by atoms with Gasteiger partial charge in [0.2, 0.25) is 0 Å². The second-order valence-electron chi connectivity index (χ2n) is 2.22. The van der Waals surface area contributed by atoms with Gasteiger partial charge >= 0.3 is 0 Å². The Hall–Kier alpha value is 0.640. The van der Waals surface area contributed by atoms with Crippen LogP contribution in [0.15, 0.2) is 0 Å². The fourth-order valence-corrected chi connectivity index (χ4v) is 0.134.